The average molecular weight is 411 g/mol. The molecular formula is C22H23ClN4O2. The van der Waals surface area contributed by atoms with Crippen LogP contribution in [-0.2, 0) is 0 Å². The molecular weight excluding hydrogens is 388 g/mol. The minimum absolute atomic E-state index is 0.0473. The predicted octanol–water partition coefficient (Wildman–Crippen LogP) is 4.61. The van der Waals surface area contributed by atoms with Gasteiger partial charge in [0.15, 0.2) is 0 Å². The Hall–Kier alpha value is -3.12. The van der Waals surface area contributed by atoms with E-state index in [9.17, 15) is 9.59 Å². The summed E-state index contributed by atoms with van der Waals surface area (Å²) >= 11 is 5.94. The lowest BCUT2D eigenvalue weighted by Gasteiger charge is -2.14. The molecule has 3 rings (SSSR count). The molecule has 0 saturated heterocycles. The monoisotopic (exact) mass is 410 g/mol. The number of benzene rings is 2. The van der Waals surface area contributed by atoms with Crippen molar-refractivity contribution in [2.45, 2.75) is 33.2 Å². The zero-order chi connectivity index (χ0) is 21.0. The van der Waals surface area contributed by atoms with Gasteiger partial charge in [-0.25, -0.2) is 4.68 Å². The number of rotatable bonds is 6. The van der Waals surface area contributed by atoms with Gasteiger partial charge in [-0.3, -0.25) is 9.59 Å². The molecule has 0 aliphatic heterocycles. The fourth-order valence-corrected chi connectivity index (χ4v) is 2.98. The van der Waals surface area contributed by atoms with Gasteiger partial charge >= 0.3 is 0 Å². The highest BCUT2D eigenvalue weighted by atomic mass is 35.5. The Labute approximate surface area is 174 Å². The van der Waals surface area contributed by atoms with Crippen LogP contribution < -0.4 is 10.6 Å². The molecule has 1 heterocycles. The number of carbonyl (C=O) groups is 2. The summed E-state index contributed by atoms with van der Waals surface area (Å²) in [6.07, 6.45) is 2.34. The summed E-state index contributed by atoms with van der Waals surface area (Å²) in [6.45, 7) is 5.76. The van der Waals surface area contributed by atoms with Crippen molar-refractivity contribution < 1.29 is 9.59 Å². The Balaban J connectivity index is 1.83. The second kappa shape index (κ2) is 8.92. The summed E-state index contributed by atoms with van der Waals surface area (Å²) in [5.41, 5.74) is 2.79. The number of hydrogen-bond acceptors (Lipinski definition) is 3. The highest BCUT2D eigenvalue weighted by Gasteiger charge is 2.19. The van der Waals surface area contributed by atoms with Crippen LogP contribution in [0.1, 0.15) is 46.7 Å². The maximum atomic E-state index is 12.9. The molecule has 0 aliphatic rings. The predicted molar refractivity (Wildman–Crippen MR) is 115 cm³/mol. The van der Waals surface area contributed by atoms with Gasteiger partial charge < -0.3 is 10.6 Å². The molecule has 0 bridgehead atoms. The van der Waals surface area contributed by atoms with Gasteiger partial charge in [-0.15, -0.1) is 0 Å². The minimum atomic E-state index is -0.327. The normalized spacial score (nSPS) is 11.7. The molecule has 29 heavy (non-hydrogen) atoms. The molecule has 2 N–H and O–H groups in total. The summed E-state index contributed by atoms with van der Waals surface area (Å²) in [5, 5.41) is 10.7. The van der Waals surface area contributed by atoms with E-state index in [0.29, 0.717) is 27.5 Å². The summed E-state index contributed by atoms with van der Waals surface area (Å²) in [5.74, 6) is -0.546. The van der Waals surface area contributed by atoms with E-state index in [1.807, 2.05) is 32.9 Å². The molecule has 150 valence electrons. The van der Waals surface area contributed by atoms with E-state index in [1.54, 1.807) is 41.1 Å². The van der Waals surface area contributed by atoms with Gasteiger partial charge in [0.1, 0.15) is 0 Å². The van der Waals surface area contributed by atoms with Crippen LogP contribution in [0, 0.1) is 6.92 Å². The Morgan fingerprint density at radius 1 is 1.07 bits per heavy atom. The lowest BCUT2D eigenvalue weighted by molar-refractivity contribution is 0.0940. The van der Waals surface area contributed by atoms with Crippen LogP contribution in [0.25, 0.3) is 5.69 Å². The van der Waals surface area contributed by atoms with E-state index in [2.05, 4.69) is 15.7 Å². The molecule has 0 fully saturated rings. The van der Waals surface area contributed by atoms with Crippen molar-refractivity contribution in [3.8, 4) is 5.69 Å². The van der Waals surface area contributed by atoms with Crippen molar-refractivity contribution in [3.63, 3.8) is 0 Å². The van der Waals surface area contributed by atoms with Crippen molar-refractivity contribution >= 4 is 29.1 Å². The number of para-hydroxylation sites is 1. The molecule has 0 radical (unpaired) electrons. The molecule has 3 aromatic rings. The van der Waals surface area contributed by atoms with Gasteiger partial charge in [0.2, 0.25) is 0 Å². The molecule has 0 spiro atoms. The first kappa shape index (κ1) is 20.6. The standard InChI is InChI=1S/C22H23ClN4O2/c1-4-14(2)25-21(28)18-7-5-6-8-20(18)26-22(29)19-13-24-27(15(19)3)17-11-9-16(23)10-12-17/h5-14H,4H2,1-3H3,(H,25,28)(H,26,29)/t14-/m0/s1. The van der Waals surface area contributed by atoms with Crippen LogP contribution in [0.4, 0.5) is 5.69 Å². The third kappa shape index (κ3) is 4.66. The zero-order valence-corrected chi connectivity index (χ0v) is 17.3. The highest BCUT2D eigenvalue weighted by molar-refractivity contribution is 6.30. The van der Waals surface area contributed by atoms with Gasteiger partial charge in [-0.1, -0.05) is 30.7 Å². The molecule has 6 nitrogen and oxygen atoms in total. The van der Waals surface area contributed by atoms with E-state index >= 15 is 0 Å². The number of nitrogens with zero attached hydrogens (tertiary/aromatic N) is 2. The number of carbonyl (C=O) groups excluding carboxylic acids is 2. The summed E-state index contributed by atoms with van der Waals surface area (Å²) < 4.78 is 1.67. The number of aromatic nitrogens is 2. The summed E-state index contributed by atoms with van der Waals surface area (Å²) in [7, 11) is 0. The van der Waals surface area contributed by atoms with Gasteiger partial charge in [0, 0.05) is 11.1 Å². The lowest BCUT2D eigenvalue weighted by atomic mass is 10.1. The SMILES string of the molecule is CC[C@H](C)NC(=O)c1ccccc1NC(=O)c1cnn(-c2ccc(Cl)cc2)c1C. The van der Waals surface area contributed by atoms with E-state index in [4.69, 9.17) is 11.6 Å². The van der Waals surface area contributed by atoms with E-state index in [-0.39, 0.29) is 17.9 Å². The molecule has 0 saturated carbocycles. The Morgan fingerprint density at radius 2 is 1.76 bits per heavy atom. The molecule has 7 heteroatoms. The first-order valence-electron chi connectivity index (χ1n) is 9.42. The number of hydrogen-bond donors (Lipinski definition) is 2. The molecule has 2 amide bonds. The van der Waals surface area contributed by atoms with E-state index in [1.165, 1.54) is 6.20 Å². The van der Waals surface area contributed by atoms with Crippen molar-refractivity contribution in [3.05, 3.63) is 76.6 Å². The van der Waals surface area contributed by atoms with Gasteiger partial charge in [0.25, 0.3) is 11.8 Å². The lowest BCUT2D eigenvalue weighted by Crippen LogP contribution is -2.32. The number of amides is 2. The number of halogens is 1. The maximum absolute atomic E-state index is 12.9. The van der Waals surface area contributed by atoms with Crippen molar-refractivity contribution in [1.29, 1.82) is 0 Å². The van der Waals surface area contributed by atoms with E-state index < -0.39 is 0 Å². The van der Waals surface area contributed by atoms with Gasteiger partial charge in [-0.2, -0.15) is 5.10 Å². The van der Waals surface area contributed by atoms with Crippen LogP contribution in [-0.4, -0.2) is 27.6 Å². The smallest absolute Gasteiger partial charge is 0.259 e. The van der Waals surface area contributed by atoms with Crippen LogP contribution in [0.15, 0.2) is 54.7 Å². The maximum Gasteiger partial charge on any atom is 0.259 e. The summed E-state index contributed by atoms with van der Waals surface area (Å²) in [6, 6.07) is 14.2. The summed E-state index contributed by atoms with van der Waals surface area (Å²) in [4.78, 5) is 25.4. The van der Waals surface area contributed by atoms with E-state index in [0.717, 1.165) is 12.1 Å². The quantitative estimate of drug-likeness (QED) is 0.622. The van der Waals surface area contributed by atoms with Crippen LogP contribution in [0.5, 0.6) is 0 Å². The van der Waals surface area contributed by atoms with Crippen LogP contribution in [0.3, 0.4) is 0 Å². The third-order valence-electron chi connectivity index (χ3n) is 4.74. The van der Waals surface area contributed by atoms with Crippen molar-refractivity contribution in [2.24, 2.45) is 0 Å². The Morgan fingerprint density at radius 3 is 2.45 bits per heavy atom. The highest BCUT2D eigenvalue weighted by Crippen LogP contribution is 2.20. The Bertz CT molecular complexity index is 1030. The molecule has 0 unspecified atom stereocenters. The topological polar surface area (TPSA) is 76.0 Å². The van der Waals surface area contributed by atoms with Crippen molar-refractivity contribution in [2.75, 3.05) is 5.32 Å². The van der Waals surface area contributed by atoms with Crippen molar-refractivity contribution in [1.82, 2.24) is 15.1 Å². The third-order valence-corrected chi connectivity index (χ3v) is 4.99. The largest absolute Gasteiger partial charge is 0.350 e. The minimum Gasteiger partial charge on any atom is -0.350 e. The van der Waals surface area contributed by atoms with Gasteiger partial charge in [0.05, 0.1) is 34.4 Å². The van der Waals surface area contributed by atoms with Crippen LogP contribution in [0.2, 0.25) is 5.02 Å². The fourth-order valence-electron chi connectivity index (χ4n) is 2.86. The first-order chi connectivity index (χ1) is 13.9. The molecule has 2 aromatic carbocycles. The molecule has 1 aromatic heterocycles. The molecule has 0 aliphatic carbocycles. The second-order valence-electron chi connectivity index (χ2n) is 6.81. The first-order valence-corrected chi connectivity index (χ1v) is 9.80. The number of nitrogens with one attached hydrogen (secondary N) is 2. The molecule has 1 atom stereocenters. The zero-order valence-electron chi connectivity index (χ0n) is 16.6. The van der Waals surface area contributed by atoms with Crippen LogP contribution >= 0.6 is 11.6 Å². The second-order valence-corrected chi connectivity index (χ2v) is 7.25. The Kier molecular flexibility index (Phi) is 6.34. The number of anilines is 1. The average Bonchev–Trinajstić information content (AvgIpc) is 3.10. The van der Waals surface area contributed by atoms with Gasteiger partial charge in [-0.05, 0) is 56.7 Å². The fraction of sp³-hybridized carbons (Fsp3) is 0.227.